The van der Waals surface area contributed by atoms with Crippen LogP contribution in [0.3, 0.4) is 0 Å². The highest BCUT2D eigenvalue weighted by Crippen LogP contribution is 2.35. The Morgan fingerprint density at radius 1 is 1.44 bits per heavy atom. The SMILES string of the molecule is CC(O)C(N)c1nnc2n1CC(C(F)(F)F)CC2. The van der Waals surface area contributed by atoms with E-state index in [1.165, 1.54) is 11.5 Å². The molecule has 0 bridgehead atoms. The smallest absolute Gasteiger partial charge is 0.391 e. The molecule has 0 radical (unpaired) electrons. The molecule has 0 saturated heterocycles. The van der Waals surface area contributed by atoms with Gasteiger partial charge in [-0.25, -0.2) is 0 Å². The molecular formula is C10H15F3N4O. The topological polar surface area (TPSA) is 77.0 Å². The highest BCUT2D eigenvalue weighted by molar-refractivity contribution is 5.05. The van der Waals surface area contributed by atoms with Gasteiger partial charge < -0.3 is 15.4 Å². The van der Waals surface area contributed by atoms with Crippen molar-refractivity contribution in [2.45, 2.75) is 44.6 Å². The molecule has 2 rings (SSSR count). The maximum Gasteiger partial charge on any atom is 0.393 e. The molecule has 1 aromatic rings. The third-order valence-corrected chi connectivity index (χ3v) is 3.26. The van der Waals surface area contributed by atoms with Gasteiger partial charge in [-0.05, 0) is 13.3 Å². The average Bonchev–Trinajstić information content (AvgIpc) is 2.69. The van der Waals surface area contributed by atoms with Crippen LogP contribution in [-0.2, 0) is 13.0 Å². The third-order valence-electron chi connectivity index (χ3n) is 3.26. The quantitative estimate of drug-likeness (QED) is 0.827. The lowest BCUT2D eigenvalue weighted by Gasteiger charge is -2.27. The van der Waals surface area contributed by atoms with Crippen molar-refractivity contribution in [3.05, 3.63) is 11.6 Å². The van der Waals surface area contributed by atoms with Gasteiger partial charge in [0.15, 0.2) is 5.82 Å². The Bertz CT molecular complexity index is 429. The molecule has 0 saturated carbocycles. The first-order valence-electron chi connectivity index (χ1n) is 5.73. The van der Waals surface area contributed by atoms with E-state index in [2.05, 4.69) is 10.2 Å². The summed E-state index contributed by atoms with van der Waals surface area (Å²) in [5.41, 5.74) is 5.71. The predicted molar refractivity (Wildman–Crippen MR) is 56.5 cm³/mol. The summed E-state index contributed by atoms with van der Waals surface area (Å²) < 4.78 is 39.5. The number of nitrogens with two attached hydrogens (primary N) is 1. The fourth-order valence-corrected chi connectivity index (χ4v) is 2.08. The van der Waals surface area contributed by atoms with E-state index in [9.17, 15) is 18.3 Å². The third kappa shape index (κ3) is 2.35. The Morgan fingerprint density at radius 2 is 2.11 bits per heavy atom. The Kier molecular flexibility index (Phi) is 3.33. The number of aliphatic hydroxyl groups excluding tert-OH is 1. The molecule has 5 nitrogen and oxygen atoms in total. The molecule has 18 heavy (non-hydrogen) atoms. The van der Waals surface area contributed by atoms with Crippen LogP contribution in [0.1, 0.15) is 31.0 Å². The molecule has 1 aliphatic heterocycles. The first-order chi connectivity index (χ1) is 8.30. The Morgan fingerprint density at radius 3 is 2.67 bits per heavy atom. The molecule has 1 aliphatic rings. The summed E-state index contributed by atoms with van der Waals surface area (Å²) in [4.78, 5) is 0. The highest BCUT2D eigenvalue weighted by Gasteiger charge is 2.42. The van der Waals surface area contributed by atoms with Gasteiger partial charge in [-0.3, -0.25) is 0 Å². The zero-order valence-electron chi connectivity index (χ0n) is 9.85. The molecule has 3 N–H and O–H groups in total. The molecule has 2 heterocycles. The normalized spacial score (nSPS) is 23.6. The second-order valence-corrected chi connectivity index (χ2v) is 4.63. The van der Waals surface area contributed by atoms with E-state index in [4.69, 9.17) is 5.73 Å². The van der Waals surface area contributed by atoms with Crippen LogP contribution in [0, 0.1) is 5.92 Å². The molecule has 1 aromatic heterocycles. The molecule has 102 valence electrons. The predicted octanol–water partition coefficient (Wildman–Crippen LogP) is 0.783. The van der Waals surface area contributed by atoms with Crippen LogP contribution < -0.4 is 5.73 Å². The number of nitrogens with zero attached hydrogens (tertiary/aromatic N) is 3. The first kappa shape index (κ1) is 13.3. The van der Waals surface area contributed by atoms with Crippen LogP contribution in [0.4, 0.5) is 13.2 Å². The van der Waals surface area contributed by atoms with Gasteiger partial charge in [-0.15, -0.1) is 10.2 Å². The molecular weight excluding hydrogens is 249 g/mol. The molecule has 0 fully saturated rings. The molecule has 8 heteroatoms. The number of aromatic nitrogens is 3. The number of fused-ring (bicyclic) bond motifs is 1. The van der Waals surface area contributed by atoms with Crippen LogP contribution in [-0.4, -0.2) is 32.2 Å². The lowest BCUT2D eigenvalue weighted by atomic mass is 9.98. The summed E-state index contributed by atoms with van der Waals surface area (Å²) in [6, 6.07) is -0.821. The van der Waals surface area contributed by atoms with E-state index >= 15 is 0 Å². The minimum atomic E-state index is -4.23. The molecule has 0 spiro atoms. The summed E-state index contributed by atoms with van der Waals surface area (Å²) in [6.07, 6.45) is -4.87. The molecule has 0 aliphatic carbocycles. The van der Waals surface area contributed by atoms with Gasteiger partial charge in [0.05, 0.1) is 18.1 Å². The number of aryl methyl sites for hydroxylation is 1. The second kappa shape index (κ2) is 4.51. The minimum Gasteiger partial charge on any atom is -0.391 e. The molecule has 3 atom stereocenters. The van der Waals surface area contributed by atoms with Crippen LogP contribution in [0.2, 0.25) is 0 Å². The Labute approximate surface area is 102 Å². The number of halogens is 3. The van der Waals surface area contributed by atoms with Gasteiger partial charge in [-0.2, -0.15) is 13.2 Å². The van der Waals surface area contributed by atoms with Crippen LogP contribution in [0.15, 0.2) is 0 Å². The number of alkyl halides is 3. The lowest BCUT2D eigenvalue weighted by Crippen LogP contribution is -2.35. The van der Waals surface area contributed by atoms with Gasteiger partial charge >= 0.3 is 6.18 Å². The van der Waals surface area contributed by atoms with E-state index in [1.54, 1.807) is 0 Å². The first-order valence-corrected chi connectivity index (χ1v) is 5.73. The molecule has 0 aromatic carbocycles. The molecule has 0 amide bonds. The van der Waals surface area contributed by atoms with Crippen molar-refractivity contribution in [2.24, 2.45) is 11.7 Å². The van der Waals surface area contributed by atoms with Crippen LogP contribution in [0.25, 0.3) is 0 Å². The van der Waals surface area contributed by atoms with Gasteiger partial charge in [0.25, 0.3) is 0 Å². The summed E-state index contributed by atoms with van der Waals surface area (Å²) in [6.45, 7) is 1.25. The summed E-state index contributed by atoms with van der Waals surface area (Å²) in [7, 11) is 0. The zero-order chi connectivity index (χ0) is 13.5. The van der Waals surface area contributed by atoms with Crippen molar-refractivity contribution in [1.82, 2.24) is 14.8 Å². The molecule has 3 unspecified atom stereocenters. The summed E-state index contributed by atoms with van der Waals surface area (Å²) >= 11 is 0. The van der Waals surface area contributed by atoms with E-state index in [1.807, 2.05) is 0 Å². The lowest BCUT2D eigenvalue weighted by molar-refractivity contribution is -0.182. The largest absolute Gasteiger partial charge is 0.393 e. The van der Waals surface area contributed by atoms with E-state index in [-0.39, 0.29) is 25.2 Å². The number of hydrogen-bond donors (Lipinski definition) is 2. The zero-order valence-corrected chi connectivity index (χ0v) is 9.85. The fraction of sp³-hybridized carbons (Fsp3) is 0.800. The van der Waals surface area contributed by atoms with E-state index < -0.39 is 24.2 Å². The van der Waals surface area contributed by atoms with Gasteiger partial charge in [0.2, 0.25) is 0 Å². The fourth-order valence-electron chi connectivity index (χ4n) is 2.08. The average molecular weight is 264 g/mol. The second-order valence-electron chi connectivity index (χ2n) is 4.63. The Hall–Kier alpha value is -1.15. The van der Waals surface area contributed by atoms with Crippen molar-refractivity contribution < 1.29 is 18.3 Å². The minimum absolute atomic E-state index is 0.0194. The van der Waals surface area contributed by atoms with Crippen molar-refractivity contribution in [2.75, 3.05) is 0 Å². The van der Waals surface area contributed by atoms with Crippen LogP contribution >= 0.6 is 0 Å². The maximum atomic E-state index is 12.7. The Balaban J connectivity index is 2.27. The van der Waals surface area contributed by atoms with E-state index in [0.29, 0.717) is 5.82 Å². The monoisotopic (exact) mass is 264 g/mol. The maximum absolute atomic E-state index is 12.7. The van der Waals surface area contributed by atoms with Crippen LogP contribution in [0.5, 0.6) is 0 Å². The summed E-state index contributed by atoms with van der Waals surface area (Å²) in [5.74, 6) is -0.684. The highest BCUT2D eigenvalue weighted by atomic mass is 19.4. The number of rotatable bonds is 2. The van der Waals surface area contributed by atoms with E-state index in [0.717, 1.165) is 0 Å². The van der Waals surface area contributed by atoms with Gasteiger partial charge in [-0.1, -0.05) is 0 Å². The van der Waals surface area contributed by atoms with Crippen molar-refractivity contribution >= 4 is 0 Å². The number of aliphatic hydroxyl groups is 1. The van der Waals surface area contributed by atoms with Crippen molar-refractivity contribution in [3.63, 3.8) is 0 Å². The standard InChI is InChI=1S/C10H15F3N4O/c1-5(18)8(14)9-16-15-7-3-2-6(4-17(7)9)10(11,12)13/h5-6,8,18H,2-4,14H2,1H3. The van der Waals surface area contributed by atoms with Crippen molar-refractivity contribution in [3.8, 4) is 0 Å². The van der Waals surface area contributed by atoms with Gasteiger partial charge in [0, 0.05) is 13.0 Å². The summed E-state index contributed by atoms with van der Waals surface area (Å²) in [5, 5.41) is 17.0. The van der Waals surface area contributed by atoms with Crippen molar-refractivity contribution in [1.29, 1.82) is 0 Å². The number of hydrogen-bond acceptors (Lipinski definition) is 4. The van der Waals surface area contributed by atoms with Gasteiger partial charge in [0.1, 0.15) is 5.82 Å².